The van der Waals surface area contributed by atoms with Gasteiger partial charge in [-0.1, -0.05) is 6.92 Å². The molecule has 0 saturated carbocycles. The molecule has 2 aromatic rings. The number of nitrogens with one attached hydrogen (secondary N) is 2. The van der Waals surface area contributed by atoms with Crippen molar-refractivity contribution < 1.29 is 0 Å². The van der Waals surface area contributed by atoms with Crippen LogP contribution < -0.4 is 10.6 Å². The molecule has 0 amide bonds. The third-order valence-corrected chi connectivity index (χ3v) is 2.44. The minimum Gasteiger partial charge on any atom is -0.370 e. The first-order chi connectivity index (χ1) is 8.78. The predicted molar refractivity (Wildman–Crippen MR) is 71.3 cm³/mol. The lowest BCUT2D eigenvalue weighted by atomic mass is 10.4. The van der Waals surface area contributed by atoms with Crippen molar-refractivity contribution in [2.45, 2.75) is 19.9 Å². The Kier molecular flexibility index (Phi) is 4.11. The molecule has 0 bridgehead atoms. The highest BCUT2D eigenvalue weighted by Gasteiger charge is 2.00. The molecule has 0 aliphatic rings. The molecule has 2 N–H and O–H groups in total. The summed E-state index contributed by atoms with van der Waals surface area (Å²) in [6, 6.07) is 3.88. The van der Waals surface area contributed by atoms with Gasteiger partial charge in [0.15, 0.2) is 0 Å². The van der Waals surface area contributed by atoms with E-state index in [-0.39, 0.29) is 0 Å². The van der Waals surface area contributed by atoms with Crippen molar-refractivity contribution >= 4 is 11.6 Å². The van der Waals surface area contributed by atoms with E-state index in [1.165, 1.54) is 0 Å². The number of nitrogens with zero attached hydrogens (tertiary/aromatic N) is 4. The standard InChI is InChI=1S/C12H18N6/c1-3-5-13-11-7-12(16-9-15-11)14-8-10-4-6-18(2)17-10/h4,6-7,9H,3,5,8H2,1-2H3,(H2,13,14,15,16). The number of aromatic nitrogens is 4. The summed E-state index contributed by atoms with van der Waals surface area (Å²) >= 11 is 0. The maximum Gasteiger partial charge on any atom is 0.131 e. The van der Waals surface area contributed by atoms with Crippen LogP contribution in [-0.2, 0) is 13.6 Å². The molecule has 96 valence electrons. The molecule has 0 saturated heterocycles. The van der Waals surface area contributed by atoms with Crippen LogP contribution in [0, 0.1) is 0 Å². The summed E-state index contributed by atoms with van der Waals surface area (Å²) in [4.78, 5) is 8.33. The second-order valence-corrected chi connectivity index (χ2v) is 4.05. The summed E-state index contributed by atoms with van der Waals surface area (Å²) < 4.78 is 1.78. The topological polar surface area (TPSA) is 67.7 Å². The Bertz CT molecular complexity index is 493. The lowest BCUT2D eigenvalue weighted by molar-refractivity contribution is 0.747. The van der Waals surface area contributed by atoms with Crippen LogP contribution in [0.1, 0.15) is 19.0 Å². The zero-order valence-corrected chi connectivity index (χ0v) is 10.7. The Labute approximate surface area is 106 Å². The largest absolute Gasteiger partial charge is 0.370 e. The fraction of sp³-hybridized carbons (Fsp3) is 0.417. The smallest absolute Gasteiger partial charge is 0.131 e. The number of anilines is 2. The predicted octanol–water partition coefficient (Wildman–Crippen LogP) is 1.64. The van der Waals surface area contributed by atoms with Gasteiger partial charge in [-0.05, 0) is 12.5 Å². The van der Waals surface area contributed by atoms with Crippen molar-refractivity contribution in [3.8, 4) is 0 Å². The van der Waals surface area contributed by atoms with Crippen LogP contribution in [0.25, 0.3) is 0 Å². The second-order valence-electron chi connectivity index (χ2n) is 4.05. The Morgan fingerprint density at radius 3 is 2.67 bits per heavy atom. The molecule has 2 aromatic heterocycles. The number of rotatable bonds is 6. The first-order valence-corrected chi connectivity index (χ1v) is 6.06. The monoisotopic (exact) mass is 246 g/mol. The van der Waals surface area contributed by atoms with E-state index in [0.29, 0.717) is 6.54 Å². The van der Waals surface area contributed by atoms with Gasteiger partial charge in [0.05, 0.1) is 12.2 Å². The summed E-state index contributed by atoms with van der Waals surface area (Å²) in [5.74, 6) is 1.64. The second kappa shape index (κ2) is 6.00. The molecule has 0 radical (unpaired) electrons. The van der Waals surface area contributed by atoms with Crippen molar-refractivity contribution in [1.29, 1.82) is 0 Å². The molecule has 0 unspecified atom stereocenters. The summed E-state index contributed by atoms with van der Waals surface area (Å²) in [7, 11) is 1.90. The van der Waals surface area contributed by atoms with Gasteiger partial charge in [0, 0.05) is 25.9 Å². The van der Waals surface area contributed by atoms with E-state index in [1.807, 2.05) is 25.4 Å². The van der Waals surface area contributed by atoms with Gasteiger partial charge in [0.1, 0.15) is 18.0 Å². The lowest BCUT2D eigenvalue weighted by Gasteiger charge is -2.06. The van der Waals surface area contributed by atoms with E-state index in [9.17, 15) is 0 Å². The van der Waals surface area contributed by atoms with Gasteiger partial charge in [-0.25, -0.2) is 9.97 Å². The molecule has 0 aliphatic heterocycles. The van der Waals surface area contributed by atoms with Gasteiger partial charge in [0.25, 0.3) is 0 Å². The molecule has 0 fully saturated rings. The van der Waals surface area contributed by atoms with Crippen LogP contribution in [0.4, 0.5) is 11.6 Å². The average Bonchev–Trinajstić information content (AvgIpc) is 2.80. The third-order valence-electron chi connectivity index (χ3n) is 2.44. The molecule has 0 aliphatic carbocycles. The molecule has 0 atom stereocenters. The highest BCUT2D eigenvalue weighted by molar-refractivity contribution is 5.46. The molecule has 2 rings (SSSR count). The Morgan fingerprint density at radius 2 is 2.00 bits per heavy atom. The van der Waals surface area contributed by atoms with Crippen molar-refractivity contribution in [3.05, 3.63) is 30.4 Å². The molecular weight excluding hydrogens is 228 g/mol. The van der Waals surface area contributed by atoms with E-state index in [4.69, 9.17) is 0 Å². The summed E-state index contributed by atoms with van der Waals surface area (Å²) in [6.07, 6.45) is 4.55. The number of hydrogen-bond donors (Lipinski definition) is 2. The van der Waals surface area contributed by atoms with Gasteiger partial charge >= 0.3 is 0 Å². The first kappa shape index (κ1) is 12.3. The molecule has 2 heterocycles. The number of hydrogen-bond acceptors (Lipinski definition) is 5. The van der Waals surface area contributed by atoms with E-state index in [1.54, 1.807) is 11.0 Å². The van der Waals surface area contributed by atoms with Gasteiger partial charge in [-0.15, -0.1) is 0 Å². The minimum atomic E-state index is 0.658. The van der Waals surface area contributed by atoms with Crippen LogP contribution in [0.15, 0.2) is 24.7 Å². The van der Waals surface area contributed by atoms with Crippen LogP contribution >= 0.6 is 0 Å². The Balaban J connectivity index is 1.92. The quantitative estimate of drug-likeness (QED) is 0.811. The normalized spacial score (nSPS) is 10.3. The molecule has 6 heteroatoms. The van der Waals surface area contributed by atoms with Crippen molar-refractivity contribution in [1.82, 2.24) is 19.7 Å². The first-order valence-electron chi connectivity index (χ1n) is 6.06. The molecular formula is C12H18N6. The van der Waals surface area contributed by atoms with Gasteiger partial charge < -0.3 is 10.6 Å². The summed E-state index contributed by atoms with van der Waals surface area (Å²) in [6.45, 7) is 3.69. The SMILES string of the molecule is CCCNc1cc(NCc2ccn(C)n2)ncn1. The maximum absolute atomic E-state index is 4.29. The van der Waals surface area contributed by atoms with Crippen LogP contribution in [-0.4, -0.2) is 26.3 Å². The molecule has 6 nitrogen and oxygen atoms in total. The lowest BCUT2D eigenvalue weighted by Crippen LogP contribution is -2.06. The van der Waals surface area contributed by atoms with Gasteiger partial charge in [0.2, 0.25) is 0 Å². The van der Waals surface area contributed by atoms with Gasteiger partial charge in [-0.3, -0.25) is 4.68 Å². The maximum atomic E-state index is 4.29. The Morgan fingerprint density at radius 1 is 1.22 bits per heavy atom. The van der Waals surface area contributed by atoms with Crippen LogP contribution in [0.2, 0.25) is 0 Å². The fourth-order valence-electron chi connectivity index (χ4n) is 1.54. The third kappa shape index (κ3) is 3.44. The van der Waals surface area contributed by atoms with Crippen LogP contribution in [0.5, 0.6) is 0 Å². The Hall–Kier alpha value is -2.11. The van der Waals surface area contributed by atoms with Crippen molar-refractivity contribution in [2.75, 3.05) is 17.2 Å². The number of aryl methyl sites for hydroxylation is 1. The zero-order valence-electron chi connectivity index (χ0n) is 10.7. The average molecular weight is 246 g/mol. The molecule has 18 heavy (non-hydrogen) atoms. The highest BCUT2D eigenvalue weighted by atomic mass is 15.3. The van der Waals surface area contributed by atoms with E-state index in [0.717, 1.165) is 30.3 Å². The highest BCUT2D eigenvalue weighted by Crippen LogP contribution is 2.09. The summed E-state index contributed by atoms with van der Waals surface area (Å²) in [5.41, 5.74) is 0.985. The minimum absolute atomic E-state index is 0.658. The molecule has 0 spiro atoms. The van der Waals surface area contributed by atoms with E-state index < -0.39 is 0 Å². The van der Waals surface area contributed by atoms with E-state index >= 15 is 0 Å². The molecule has 0 aromatic carbocycles. The fourth-order valence-corrected chi connectivity index (χ4v) is 1.54. The summed E-state index contributed by atoms with van der Waals surface area (Å²) in [5, 5.41) is 10.7. The van der Waals surface area contributed by atoms with Crippen molar-refractivity contribution in [3.63, 3.8) is 0 Å². The van der Waals surface area contributed by atoms with Crippen LogP contribution in [0.3, 0.4) is 0 Å². The van der Waals surface area contributed by atoms with Crippen molar-refractivity contribution in [2.24, 2.45) is 7.05 Å². The zero-order chi connectivity index (χ0) is 12.8. The van der Waals surface area contributed by atoms with Gasteiger partial charge in [-0.2, -0.15) is 5.10 Å². The van der Waals surface area contributed by atoms with E-state index in [2.05, 4.69) is 32.6 Å².